The average molecular weight is 349 g/mol. The smallest absolute Gasteiger partial charge is 0.263 e. The molecule has 0 aromatic carbocycles. The van der Waals surface area contributed by atoms with Gasteiger partial charge in [-0.2, -0.15) is 0 Å². The predicted octanol–water partition coefficient (Wildman–Crippen LogP) is 1.82. The van der Waals surface area contributed by atoms with Crippen molar-refractivity contribution in [1.82, 2.24) is 9.97 Å². The van der Waals surface area contributed by atoms with E-state index in [1.807, 2.05) is 0 Å². The number of nitrogens with zero attached hydrogens (tertiary/aromatic N) is 2. The lowest BCUT2D eigenvalue weighted by atomic mass is 10.2. The van der Waals surface area contributed by atoms with E-state index in [0.717, 1.165) is 0 Å². The van der Waals surface area contributed by atoms with Crippen molar-refractivity contribution in [3.05, 3.63) is 40.6 Å². The van der Waals surface area contributed by atoms with Crippen molar-refractivity contribution in [2.24, 2.45) is 0 Å². The van der Waals surface area contributed by atoms with Crippen LogP contribution in [0.5, 0.6) is 5.75 Å². The fourth-order valence-corrected chi connectivity index (χ4v) is 2.12. The number of aromatic nitrogens is 2. The van der Waals surface area contributed by atoms with Gasteiger partial charge in [0.25, 0.3) is 11.8 Å². The second kappa shape index (κ2) is 5.49. The summed E-state index contributed by atoms with van der Waals surface area (Å²) in [6.07, 6.45) is 3.03. The van der Waals surface area contributed by atoms with Crippen molar-refractivity contribution in [2.45, 2.75) is 0 Å². The number of halogens is 1. The molecule has 2 aromatic rings. The van der Waals surface area contributed by atoms with Gasteiger partial charge in [-0.1, -0.05) is 0 Å². The van der Waals surface area contributed by atoms with E-state index in [1.165, 1.54) is 6.20 Å². The van der Waals surface area contributed by atoms with Crippen LogP contribution < -0.4 is 15.4 Å². The molecule has 0 aliphatic carbocycles. The maximum atomic E-state index is 12.1. The summed E-state index contributed by atoms with van der Waals surface area (Å²) in [5.41, 5.74) is 0.393. The first-order chi connectivity index (χ1) is 10.1. The fourth-order valence-electron chi connectivity index (χ4n) is 1.76. The van der Waals surface area contributed by atoms with E-state index in [2.05, 4.69) is 36.5 Å². The Morgan fingerprint density at radius 2 is 2.24 bits per heavy atom. The number of carbonyl (C=O) groups excluding carboxylic acids is 2. The zero-order valence-electron chi connectivity index (χ0n) is 10.6. The van der Waals surface area contributed by atoms with Crippen molar-refractivity contribution in [3.63, 3.8) is 0 Å². The van der Waals surface area contributed by atoms with E-state index in [-0.39, 0.29) is 24.2 Å². The SMILES string of the molecule is O=C1COc2ccc(NC(=O)c3cncc(Br)c3)nc2N1. The van der Waals surface area contributed by atoms with Crippen molar-refractivity contribution in [2.75, 3.05) is 17.2 Å². The molecular formula is C13H9BrN4O3. The van der Waals surface area contributed by atoms with E-state index >= 15 is 0 Å². The Morgan fingerprint density at radius 1 is 1.38 bits per heavy atom. The fraction of sp³-hybridized carbons (Fsp3) is 0.0769. The molecule has 1 aliphatic rings. The second-order valence-electron chi connectivity index (χ2n) is 4.23. The van der Waals surface area contributed by atoms with Gasteiger partial charge in [0.1, 0.15) is 5.82 Å². The Kier molecular flexibility index (Phi) is 3.53. The number of nitrogens with one attached hydrogen (secondary N) is 2. The van der Waals surface area contributed by atoms with Crippen LogP contribution in [0.2, 0.25) is 0 Å². The molecule has 8 heteroatoms. The van der Waals surface area contributed by atoms with E-state index in [9.17, 15) is 9.59 Å². The molecule has 0 spiro atoms. The normalized spacial score (nSPS) is 12.9. The van der Waals surface area contributed by atoms with Gasteiger partial charge in [-0.15, -0.1) is 0 Å². The van der Waals surface area contributed by atoms with E-state index < -0.39 is 0 Å². The van der Waals surface area contributed by atoms with Crippen LogP contribution in [0.3, 0.4) is 0 Å². The first-order valence-electron chi connectivity index (χ1n) is 5.97. The summed E-state index contributed by atoms with van der Waals surface area (Å²) < 4.78 is 5.90. The van der Waals surface area contributed by atoms with Crippen molar-refractivity contribution in [3.8, 4) is 5.75 Å². The maximum absolute atomic E-state index is 12.1. The van der Waals surface area contributed by atoms with Crippen LogP contribution in [0.25, 0.3) is 0 Å². The number of ether oxygens (including phenoxy) is 1. The molecule has 0 saturated heterocycles. The lowest BCUT2D eigenvalue weighted by Crippen LogP contribution is -2.26. The minimum absolute atomic E-state index is 0.0376. The number of carbonyl (C=O) groups is 2. The third kappa shape index (κ3) is 3.00. The Morgan fingerprint density at radius 3 is 3.05 bits per heavy atom. The summed E-state index contributed by atoms with van der Waals surface area (Å²) in [7, 11) is 0. The first kappa shape index (κ1) is 13.5. The molecule has 2 aromatic heterocycles. The van der Waals surface area contributed by atoms with Gasteiger partial charge < -0.3 is 15.4 Å². The highest BCUT2D eigenvalue weighted by Gasteiger charge is 2.18. The second-order valence-corrected chi connectivity index (χ2v) is 5.14. The summed E-state index contributed by atoms with van der Waals surface area (Å²) in [6, 6.07) is 4.88. The lowest BCUT2D eigenvalue weighted by Gasteiger charge is -2.17. The van der Waals surface area contributed by atoms with Crippen LogP contribution >= 0.6 is 15.9 Å². The highest BCUT2D eigenvalue weighted by molar-refractivity contribution is 9.10. The first-order valence-corrected chi connectivity index (χ1v) is 6.77. The van der Waals surface area contributed by atoms with Gasteiger partial charge in [-0.3, -0.25) is 14.6 Å². The number of amides is 2. The number of rotatable bonds is 2. The molecule has 0 atom stereocenters. The zero-order valence-corrected chi connectivity index (χ0v) is 12.2. The van der Waals surface area contributed by atoms with Gasteiger partial charge in [-0.05, 0) is 34.1 Å². The monoisotopic (exact) mass is 348 g/mol. The molecular weight excluding hydrogens is 340 g/mol. The maximum Gasteiger partial charge on any atom is 0.263 e. The van der Waals surface area contributed by atoms with Crippen LogP contribution in [0.15, 0.2) is 35.1 Å². The van der Waals surface area contributed by atoms with Gasteiger partial charge in [0.2, 0.25) is 0 Å². The topological polar surface area (TPSA) is 93.2 Å². The Balaban J connectivity index is 1.80. The summed E-state index contributed by atoms with van der Waals surface area (Å²) in [5.74, 6) is 0.437. The van der Waals surface area contributed by atoms with Crippen LogP contribution in [0.4, 0.5) is 11.6 Å². The van der Waals surface area contributed by atoms with Crippen molar-refractivity contribution < 1.29 is 14.3 Å². The Labute approximate surface area is 127 Å². The highest BCUT2D eigenvalue weighted by atomic mass is 79.9. The Bertz CT molecular complexity index is 735. The molecule has 0 bridgehead atoms. The number of anilines is 2. The van der Waals surface area contributed by atoms with Crippen LogP contribution in [-0.2, 0) is 4.79 Å². The van der Waals surface area contributed by atoms with Crippen LogP contribution in [0, 0.1) is 0 Å². The van der Waals surface area contributed by atoms with Crippen molar-refractivity contribution in [1.29, 1.82) is 0 Å². The zero-order chi connectivity index (χ0) is 14.8. The summed E-state index contributed by atoms with van der Waals surface area (Å²) in [4.78, 5) is 31.4. The molecule has 0 fully saturated rings. The third-order valence-corrected chi connectivity index (χ3v) is 3.12. The predicted molar refractivity (Wildman–Crippen MR) is 78.3 cm³/mol. The lowest BCUT2D eigenvalue weighted by molar-refractivity contribution is -0.118. The molecule has 1 aliphatic heterocycles. The molecule has 106 valence electrons. The summed E-state index contributed by atoms with van der Waals surface area (Å²) in [6.45, 7) is -0.0376. The van der Waals surface area contributed by atoms with E-state index in [0.29, 0.717) is 21.6 Å². The number of hydrogen-bond acceptors (Lipinski definition) is 5. The minimum Gasteiger partial charge on any atom is -0.480 e. The minimum atomic E-state index is -0.348. The third-order valence-electron chi connectivity index (χ3n) is 2.68. The van der Waals surface area contributed by atoms with Gasteiger partial charge in [0.15, 0.2) is 18.2 Å². The van der Waals surface area contributed by atoms with E-state index in [1.54, 1.807) is 24.4 Å². The summed E-state index contributed by atoms with van der Waals surface area (Å²) in [5, 5.41) is 5.21. The standard InChI is InChI=1S/C13H9BrN4O3/c14-8-3-7(4-15-5-8)13(20)17-10-2-1-9-12(16-10)18-11(19)6-21-9/h1-5H,6H2,(H2,16,17,18,19,20). The van der Waals surface area contributed by atoms with E-state index in [4.69, 9.17) is 4.74 Å². The number of hydrogen-bond donors (Lipinski definition) is 2. The van der Waals surface area contributed by atoms with Gasteiger partial charge >= 0.3 is 0 Å². The molecule has 0 unspecified atom stereocenters. The molecule has 3 heterocycles. The van der Waals surface area contributed by atoms with Crippen molar-refractivity contribution >= 4 is 39.4 Å². The molecule has 3 rings (SSSR count). The molecule has 0 saturated carbocycles. The largest absolute Gasteiger partial charge is 0.480 e. The molecule has 7 nitrogen and oxygen atoms in total. The molecule has 21 heavy (non-hydrogen) atoms. The number of fused-ring (bicyclic) bond motifs is 1. The molecule has 2 N–H and O–H groups in total. The van der Waals surface area contributed by atoms with Gasteiger partial charge in [0.05, 0.1) is 5.56 Å². The van der Waals surface area contributed by atoms with Crippen LogP contribution in [-0.4, -0.2) is 28.4 Å². The highest BCUT2D eigenvalue weighted by Crippen LogP contribution is 2.27. The Hall–Kier alpha value is -2.48. The van der Waals surface area contributed by atoms with Gasteiger partial charge in [-0.25, -0.2) is 4.98 Å². The molecule has 0 radical (unpaired) electrons. The number of pyridine rings is 2. The summed E-state index contributed by atoms with van der Waals surface area (Å²) >= 11 is 3.25. The quantitative estimate of drug-likeness (QED) is 0.863. The average Bonchev–Trinajstić information content (AvgIpc) is 2.46. The van der Waals surface area contributed by atoms with Crippen LogP contribution in [0.1, 0.15) is 10.4 Å². The van der Waals surface area contributed by atoms with Gasteiger partial charge in [0, 0.05) is 16.9 Å². The molecule has 2 amide bonds.